The largest absolute Gasteiger partial charge is 0.316 e. The molecule has 0 radical (unpaired) electrons. The number of hydrogen-bond donors (Lipinski definition) is 2. The molecule has 1 heterocycles. The van der Waals surface area contributed by atoms with Gasteiger partial charge < -0.3 is 5.32 Å². The molecule has 0 amide bonds. The molecule has 8 heteroatoms. The highest BCUT2D eigenvalue weighted by Gasteiger charge is 2.28. The molecule has 2 rings (SSSR count). The summed E-state index contributed by atoms with van der Waals surface area (Å²) in [5.74, 6) is 0.225. The Kier molecular flexibility index (Phi) is 5.15. The lowest BCUT2D eigenvalue weighted by Gasteiger charge is -2.28. The molecule has 0 aromatic heterocycles. The maximum Gasteiger partial charge on any atom is 0.273 e. The van der Waals surface area contributed by atoms with E-state index in [-0.39, 0.29) is 28.1 Å². The van der Waals surface area contributed by atoms with Crippen LogP contribution in [0.5, 0.6) is 0 Å². The fraction of sp³-hybridized carbons (Fsp3) is 0.571. The van der Waals surface area contributed by atoms with E-state index >= 15 is 0 Å². The highest BCUT2D eigenvalue weighted by atomic mass is 32.2. The van der Waals surface area contributed by atoms with Gasteiger partial charge in [-0.15, -0.1) is 0 Å². The fourth-order valence-corrected chi connectivity index (χ4v) is 4.38. The van der Waals surface area contributed by atoms with Gasteiger partial charge in [0.2, 0.25) is 10.0 Å². The van der Waals surface area contributed by atoms with Crippen molar-refractivity contribution >= 4 is 15.7 Å². The van der Waals surface area contributed by atoms with Gasteiger partial charge in [-0.25, -0.2) is 13.1 Å². The topological polar surface area (TPSA) is 101 Å². The second-order valence-electron chi connectivity index (χ2n) is 5.67. The minimum atomic E-state index is -3.78. The average molecular weight is 327 g/mol. The van der Waals surface area contributed by atoms with Gasteiger partial charge in [0.1, 0.15) is 0 Å². The van der Waals surface area contributed by atoms with Crippen molar-refractivity contribution in [3.63, 3.8) is 0 Å². The van der Waals surface area contributed by atoms with Crippen LogP contribution in [0.1, 0.15) is 25.3 Å². The summed E-state index contributed by atoms with van der Waals surface area (Å²) >= 11 is 0. The van der Waals surface area contributed by atoms with E-state index in [1.807, 2.05) is 6.92 Å². The molecule has 7 nitrogen and oxygen atoms in total. The average Bonchev–Trinajstić information content (AvgIpc) is 2.47. The van der Waals surface area contributed by atoms with E-state index in [9.17, 15) is 18.5 Å². The molecule has 1 aromatic carbocycles. The van der Waals surface area contributed by atoms with Gasteiger partial charge in [0.05, 0.1) is 9.82 Å². The van der Waals surface area contributed by atoms with Gasteiger partial charge in [-0.1, -0.05) is 6.07 Å². The van der Waals surface area contributed by atoms with Crippen molar-refractivity contribution in [2.45, 2.75) is 37.6 Å². The minimum absolute atomic E-state index is 0.0303. The maximum atomic E-state index is 12.5. The first kappa shape index (κ1) is 16.9. The molecule has 1 aliphatic heterocycles. The summed E-state index contributed by atoms with van der Waals surface area (Å²) in [5, 5.41) is 14.2. The molecule has 22 heavy (non-hydrogen) atoms. The molecule has 1 aliphatic rings. The molecular formula is C14H21N3O4S. The molecule has 0 saturated carbocycles. The van der Waals surface area contributed by atoms with Gasteiger partial charge in [0.15, 0.2) is 0 Å². The number of nitrogens with one attached hydrogen (secondary N) is 2. The quantitative estimate of drug-likeness (QED) is 0.631. The van der Waals surface area contributed by atoms with Crippen molar-refractivity contribution in [2.75, 3.05) is 13.1 Å². The van der Waals surface area contributed by atoms with Crippen molar-refractivity contribution in [1.29, 1.82) is 0 Å². The molecule has 1 fully saturated rings. The lowest BCUT2D eigenvalue weighted by molar-refractivity contribution is -0.385. The van der Waals surface area contributed by atoms with E-state index < -0.39 is 14.9 Å². The highest BCUT2D eigenvalue weighted by Crippen LogP contribution is 2.25. The van der Waals surface area contributed by atoms with Crippen LogP contribution in [0, 0.1) is 23.0 Å². The van der Waals surface area contributed by atoms with Crippen LogP contribution in [0.3, 0.4) is 0 Å². The number of rotatable bonds is 5. The Morgan fingerprint density at radius 3 is 2.77 bits per heavy atom. The smallest absolute Gasteiger partial charge is 0.273 e. The molecule has 0 aliphatic carbocycles. The van der Waals surface area contributed by atoms with Crippen LogP contribution in [0.2, 0.25) is 0 Å². The summed E-state index contributed by atoms with van der Waals surface area (Å²) in [6.45, 7) is 5.03. The zero-order chi connectivity index (χ0) is 16.3. The Bertz CT molecular complexity index is 654. The summed E-state index contributed by atoms with van der Waals surface area (Å²) in [5.41, 5.74) is -0.0242. The van der Waals surface area contributed by atoms with Gasteiger partial charge in [-0.05, 0) is 51.8 Å². The van der Waals surface area contributed by atoms with E-state index in [1.165, 1.54) is 25.1 Å². The van der Waals surface area contributed by atoms with Crippen molar-refractivity contribution in [1.82, 2.24) is 10.0 Å². The van der Waals surface area contributed by atoms with Crippen LogP contribution in [0.4, 0.5) is 5.69 Å². The Morgan fingerprint density at radius 2 is 2.18 bits per heavy atom. The summed E-state index contributed by atoms with van der Waals surface area (Å²) in [4.78, 5) is 10.4. The van der Waals surface area contributed by atoms with Crippen LogP contribution in [-0.4, -0.2) is 32.5 Å². The third-order valence-corrected chi connectivity index (χ3v) is 5.83. The number of nitro benzene ring substituents is 1. The van der Waals surface area contributed by atoms with Gasteiger partial charge in [-0.3, -0.25) is 10.1 Å². The number of sulfonamides is 1. The first-order chi connectivity index (χ1) is 10.3. The van der Waals surface area contributed by atoms with E-state index in [0.29, 0.717) is 0 Å². The zero-order valence-corrected chi connectivity index (χ0v) is 13.5. The molecule has 1 aromatic rings. The fourth-order valence-electron chi connectivity index (χ4n) is 2.80. The Hall–Kier alpha value is -1.51. The first-order valence-electron chi connectivity index (χ1n) is 7.30. The Labute approximate surface area is 130 Å². The standard InChI is InChI=1S/C14H21N3O4S/c1-10-13(17(18)19)6-3-7-14(10)22(20,21)16-11(2)12-5-4-8-15-9-12/h3,6-7,11-12,15-16H,4-5,8-9H2,1-2H3. The Balaban J connectivity index is 2.23. The van der Waals surface area contributed by atoms with E-state index in [0.717, 1.165) is 25.9 Å². The van der Waals surface area contributed by atoms with Crippen LogP contribution >= 0.6 is 0 Å². The monoisotopic (exact) mass is 327 g/mol. The molecule has 0 bridgehead atoms. The molecule has 0 spiro atoms. The van der Waals surface area contributed by atoms with Gasteiger partial charge in [0, 0.05) is 17.7 Å². The van der Waals surface area contributed by atoms with Gasteiger partial charge >= 0.3 is 0 Å². The van der Waals surface area contributed by atoms with Crippen molar-refractivity contribution in [3.05, 3.63) is 33.9 Å². The highest BCUT2D eigenvalue weighted by molar-refractivity contribution is 7.89. The Morgan fingerprint density at radius 1 is 1.45 bits per heavy atom. The second-order valence-corrected chi connectivity index (χ2v) is 7.36. The summed E-state index contributed by atoms with van der Waals surface area (Å²) in [7, 11) is -3.78. The molecule has 2 unspecified atom stereocenters. The predicted molar refractivity (Wildman–Crippen MR) is 83.2 cm³/mol. The number of piperidine rings is 1. The third kappa shape index (κ3) is 3.63. The minimum Gasteiger partial charge on any atom is -0.316 e. The SMILES string of the molecule is Cc1c([N+](=O)[O-])cccc1S(=O)(=O)NC(C)C1CCCNC1. The zero-order valence-electron chi connectivity index (χ0n) is 12.7. The number of nitrogens with zero attached hydrogens (tertiary/aromatic N) is 1. The van der Waals surface area contributed by atoms with Gasteiger partial charge in [-0.2, -0.15) is 0 Å². The summed E-state index contributed by atoms with van der Waals surface area (Å²) in [6, 6.07) is 3.88. The normalized spacial score (nSPS) is 20.5. The van der Waals surface area contributed by atoms with Crippen LogP contribution in [0.25, 0.3) is 0 Å². The molecule has 1 saturated heterocycles. The second kappa shape index (κ2) is 6.72. The van der Waals surface area contributed by atoms with Crippen LogP contribution < -0.4 is 10.0 Å². The van der Waals surface area contributed by atoms with Crippen molar-refractivity contribution < 1.29 is 13.3 Å². The van der Waals surface area contributed by atoms with E-state index in [1.54, 1.807) is 0 Å². The number of benzene rings is 1. The molecule has 2 atom stereocenters. The van der Waals surface area contributed by atoms with E-state index in [4.69, 9.17) is 0 Å². The van der Waals surface area contributed by atoms with Gasteiger partial charge in [0.25, 0.3) is 5.69 Å². The molecule has 122 valence electrons. The van der Waals surface area contributed by atoms with Crippen LogP contribution in [0.15, 0.2) is 23.1 Å². The molecule has 2 N–H and O–H groups in total. The lowest BCUT2D eigenvalue weighted by atomic mass is 9.94. The number of nitro groups is 1. The summed E-state index contributed by atoms with van der Waals surface area (Å²) < 4.78 is 27.7. The van der Waals surface area contributed by atoms with E-state index in [2.05, 4.69) is 10.0 Å². The predicted octanol–water partition coefficient (Wildman–Crippen LogP) is 1.57. The number of hydrogen-bond acceptors (Lipinski definition) is 5. The maximum absolute atomic E-state index is 12.5. The third-order valence-electron chi connectivity index (χ3n) is 4.12. The first-order valence-corrected chi connectivity index (χ1v) is 8.78. The summed E-state index contributed by atoms with van der Waals surface area (Å²) in [6.07, 6.45) is 1.98. The van der Waals surface area contributed by atoms with Crippen molar-refractivity contribution in [3.8, 4) is 0 Å². The van der Waals surface area contributed by atoms with Crippen molar-refractivity contribution in [2.24, 2.45) is 5.92 Å². The lowest BCUT2D eigenvalue weighted by Crippen LogP contribution is -2.44. The van der Waals surface area contributed by atoms with Crippen LogP contribution in [-0.2, 0) is 10.0 Å². The molecular weight excluding hydrogens is 306 g/mol.